The van der Waals surface area contributed by atoms with Gasteiger partial charge in [-0.1, -0.05) is 0 Å². The van der Waals surface area contributed by atoms with Gasteiger partial charge in [0.25, 0.3) is 5.91 Å². The van der Waals surface area contributed by atoms with Crippen LogP contribution in [0.2, 0.25) is 0 Å². The van der Waals surface area contributed by atoms with E-state index in [1.807, 2.05) is 34.1 Å². The predicted octanol–water partition coefficient (Wildman–Crippen LogP) is 2.31. The third-order valence-electron chi connectivity index (χ3n) is 4.84. The van der Waals surface area contributed by atoms with Gasteiger partial charge in [0.05, 0.1) is 12.1 Å². The molecule has 2 aromatic heterocycles. The third-order valence-corrected chi connectivity index (χ3v) is 5.52. The fraction of sp³-hybridized carbons (Fsp3) is 0.529. The molecule has 0 unspecified atom stereocenters. The molecule has 0 saturated carbocycles. The van der Waals surface area contributed by atoms with E-state index in [0.717, 1.165) is 31.0 Å². The Morgan fingerprint density at radius 2 is 2.17 bits per heavy atom. The van der Waals surface area contributed by atoms with Gasteiger partial charge in [-0.25, -0.2) is 4.98 Å². The minimum atomic E-state index is 0.133. The first-order valence-corrected chi connectivity index (χ1v) is 9.28. The fourth-order valence-corrected chi connectivity index (χ4v) is 4.34. The summed E-state index contributed by atoms with van der Waals surface area (Å²) in [6, 6.07) is 1.92. The van der Waals surface area contributed by atoms with Crippen LogP contribution in [-0.4, -0.2) is 51.4 Å². The molecule has 2 aromatic rings. The number of aromatic nitrogens is 2. The van der Waals surface area contributed by atoms with Gasteiger partial charge in [0.15, 0.2) is 0 Å². The highest BCUT2D eigenvalue weighted by Crippen LogP contribution is 2.21. The summed E-state index contributed by atoms with van der Waals surface area (Å²) in [6.07, 6.45) is 6.51. The average Bonchev–Trinajstić information content (AvgIpc) is 3.28. The van der Waals surface area contributed by atoms with Crippen molar-refractivity contribution in [1.29, 1.82) is 0 Å². The average molecular weight is 330 g/mol. The van der Waals surface area contributed by atoms with E-state index in [0.29, 0.717) is 12.5 Å². The summed E-state index contributed by atoms with van der Waals surface area (Å²) >= 11 is 1.57. The van der Waals surface area contributed by atoms with Gasteiger partial charge >= 0.3 is 0 Å². The molecule has 1 fully saturated rings. The normalized spacial score (nSPS) is 22.1. The number of hydrogen-bond acceptors (Lipinski definition) is 4. The number of carbonyl (C=O) groups is 1. The van der Waals surface area contributed by atoms with Crippen LogP contribution in [0.4, 0.5) is 0 Å². The van der Waals surface area contributed by atoms with Crippen molar-refractivity contribution in [3.63, 3.8) is 0 Å². The summed E-state index contributed by atoms with van der Waals surface area (Å²) in [5, 5.41) is 3.91. The quantitative estimate of drug-likeness (QED) is 0.867. The number of hydrogen-bond donors (Lipinski definition) is 0. The second-order valence-electron chi connectivity index (χ2n) is 6.57. The molecule has 0 aliphatic carbocycles. The van der Waals surface area contributed by atoms with E-state index in [1.54, 1.807) is 11.3 Å². The number of nitrogens with zero attached hydrogens (tertiary/aromatic N) is 4. The molecule has 0 aromatic carbocycles. The molecule has 0 spiro atoms. The highest BCUT2D eigenvalue weighted by Gasteiger charge is 2.28. The molecule has 4 rings (SSSR count). The SMILES string of the molecule is O=C(c1ccsc1)N1Cc2nccn2C[C@@H](CN2CCCC2)C1. The lowest BCUT2D eigenvalue weighted by molar-refractivity contribution is 0.0707. The number of carbonyl (C=O) groups excluding carboxylic acids is 1. The smallest absolute Gasteiger partial charge is 0.255 e. The monoisotopic (exact) mass is 330 g/mol. The lowest BCUT2D eigenvalue weighted by atomic mass is 10.1. The summed E-state index contributed by atoms with van der Waals surface area (Å²) in [5.41, 5.74) is 0.801. The number of fused-ring (bicyclic) bond motifs is 1. The molecule has 2 aliphatic heterocycles. The van der Waals surface area contributed by atoms with Crippen molar-refractivity contribution in [3.8, 4) is 0 Å². The molecule has 0 radical (unpaired) electrons. The van der Waals surface area contributed by atoms with Crippen LogP contribution in [0.1, 0.15) is 29.0 Å². The van der Waals surface area contributed by atoms with Gasteiger partial charge in [0.2, 0.25) is 0 Å². The topological polar surface area (TPSA) is 41.4 Å². The maximum atomic E-state index is 12.8. The molecular formula is C17H22N4OS. The zero-order valence-electron chi connectivity index (χ0n) is 13.2. The number of rotatable bonds is 3. The Hall–Kier alpha value is -1.66. The zero-order valence-corrected chi connectivity index (χ0v) is 14.0. The lowest BCUT2D eigenvalue weighted by Gasteiger charge is -2.27. The van der Waals surface area contributed by atoms with Crippen molar-refractivity contribution in [2.45, 2.75) is 25.9 Å². The largest absolute Gasteiger partial charge is 0.333 e. The maximum Gasteiger partial charge on any atom is 0.255 e. The van der Waals surface area contributed by atoms with Crippen molar-refractivity contribution in [2.24, 2.45) is 5.92 Å². The van der Waals surface area contributed by atoms with E-state index >= 15 is 0 Å². The van der Waals surface area contributed by atoms with E-state index in [2.05, 4.69) is 14.5 Å². The minimum Gasteiger partial charge on any atom is -0.333 e. The van der Waals surface area contributed by atoms with Crippen LogP contribution in [0.25, 0.3) is 0 Å². The van der Waals surface area contributed by atoms with Gasteiger partial charge in [-0.15, -0.1) is 0 Å². The maximum absolute atomic E-state index is 12.8. The molecule has 2 aliphatic rings. The standard InChI is InChI=1S/C17H22N4OS/c22-17(15-3-8-23-13-15)21-11-14(9-19-5-1-2-6-19)10-20-7-4-18-16(20)12-21/h3-4,7-8,13-14H,1-2,5-6,9-12H2/t14-/m1/s1. The number of thiophene rings is 1. The van der Waals surface area contributed by atoms with Crippen molar-refractivity contribution in [1.82, 2.24) is 19.4 Å². The van der Waals surface area contributed by atoms with Crippen molar-refractivity contribution < 1.29 is 4.79 Å². The van der Waals surface area contributed by atoms with Crippen LogP contribution >= 0.6 is 11.3 Å². The molecule has 1 amide bonds. The molecule has 0 bridgehead atoms. The first kappa shape index (κ1) is 14.9. The summed E-state index contributed by atoms with van der Waals surface area (Å²) in [4.78, 5) is 21.8. The number of imidazole rings is 1. The summed E-state index contributed by atoms with van der Waals surface area (Å²) in [6.45, 7) is 5.86. The van der Waals surface area contributed by atoms with Crippen LogP contribution in [0, 0.1) is 5.92 Å². The number of likely N-dealkylation sites (tertiary alicyclic amines) is 1. The highest BCUT2D eigenvalue weighted by molar-refractivity contribution is 7.08. The molecule has 5 nitrogen and oxygen atoms in total. The molecular weight excluding hydrogens is 308 g/mol. The minimum absolute atomic E-state index is 0.133. The molecule has 4 heterocycles. The Morgan fingerprint density at radius 1 is 1.30 bits per heavy atom. The molecule has 122 valence electrons. The van der Waals surface area contributed by atoms with Crippen LogP contribution in [0.15, 0.2) is 29.2 Å². The number of amides is 1. The Labute approximate surface area is 140 Å². The first-order valence-electron chi connectivity index (χ1n) is 8.33. The van der Waals surface area contributed by atoms with Gasteiger partial charge < -0.3 is 14.4 Å². The Bertz CT molecular complexity index is 660. The Balaban J connectivity index is 1.55. The highest BCUT2D eigenvalue weighted by atomic mass is 32.1. The van der Waals surface area contributed by atoms with Gasteiger partial charge in [-0.2, -0.15) is 11.3 Å². The summed E-state index contributed by atoms with van der Waals surface area (Å²) in [7, 11) is 0. The van der Waals surface area contributed by atoms with Gasteiger partial charge in [-0.3, -0.25) is 4.79 Å². The van der Waals surface area contributed by atoms with Crippen LogP contribution in [0.3, 0.4) is 0 Å². The molecule has 0 N–H and O–H groups in total. The van der Waals surface area contributed by atoms with Gasteiger partial charge in [0.1, 0.15) is 5.82 Å². The third kappa shape index (κ3) is 3.19. The second kappa shape index (κ2) is 6.45. The zero-order chi connectivity index (χ0) is 15.6. The fourth-order valence-electron chi connectivity index (χ4n) is 3.71. The predicted molar refractivity (Wildman–Crippen MR) is 90.5 cm³/mol. The van der Waals surface area contributed by atoms with Crippen molar-refractivity contribution >= 4 is 17.2 Å². The first-order chi connectivity index (χ1) is 11.3. The molecule has 23 heavy (non-hydrogen) atoms. The Morgan fingerprint density at radius 3 is 2.96 bits per heavy atom. The van der Waals surface area contributed by atoms with Gasteiger partial charge in [-0.05, 0) is 37.4 Å². The van der Waals surface area contributed by atoms with Crippen LogP contribution in [0.5, 0.6) is 0 Å². The van der Waals surface area contributed by atoms with Crippen LogP contribution in [-0.2, 0) is 13.1 Å². The van der Waals surface area contributed by atoms with Gasteiger partial charge in [0, 0.05) is 43.3 Å². The molecule has 6 heteroatoms. The van der Waals surface area contributed by atoms with E-state index in [1.165, 1.54) is 25.9 Å². The van der Waals surface area contributed by atoms with Crippen LogP contribution < -0.4 is 0 Å². The lowest BCUT2D eigenvalue weighted by Crippen LogP contribution is -2.38. The van der Waals surface area contributed by atoms with E-state index in [9.17, 15) is 4.79 Å². The van der Waals surface area contributed by atoms with Crippen molar-refractivity contribution in [3.05, 3.63) is 40.6 Å². The second-order valence-corrected chi connectivity index (χ2v) is 7.35. The molecule has 1 atom stereocenters. The summed E-state index contributed by atoms with van der Waals surface area (Å²) < 4.78 is 2.22. The van der Waals surface area contributed by atoms with E-state index < -0.39 is 0 Å². The molecule has 1 saturated heterocycles. The van der Waals surface area contributed by atoms with E-state index in [4.69, 9.17) is 0 Å². The summed E-state index contributed by atoms with van der Waals surface area (Å²) in [5.74, 6) is 1.60. The van der Waals surface area contributed by atoms with E-state index in [-0.39, 0.29) is 5.91 Å². The van der Waals surface area contributed by atoms with Crippen molar-refractivity contribution in [2.75, 3.05) is 26.2 Å². The Kier molecular flexibility index (Phi) is 4.18.